The number of carbonyl (C=O) groups is 1. The van der Waals surface area contributed by atoms with E-state index in [0.29, 0.717) is 0 Å². The van der Waals surface area contributed by atoms with Crippen LogP contribution in [0.25, 0.3) is 0 Å². The fourth-order valence-electron chi connectivity index (χ4n) is 1.90. The Morgan fingerprint density at radius 2 is 2.06 bits per heavy atom. The molecule has 1 fully saturated rings. The van der Waals surface area contributed by atoms with E-state index in [1.807, 2.05) is 0 Å². The molecule has 5 atom stereocenters. The minimum Gasteiger partial charge on any atom is -0.394 e. The van der Waals surface area contributed by atoms with Crippen LogP contribution in [0.15, 0.2) is 0 Å². The highest BCUT2D eigenvalue weighted by atomic mass is 16.7. The van der Waals surface area contributed by atoms with Crippen LogP contribution in [-0.4, -0.2) is 77.6 Å². The SMILES string of the molecule is CON(C)[C@H]1OC(CO)[C@@H](O)C(O)[C@H]1NC(C)=O. The Morgan fingerprint density at radius 3 is 2.50 bits per heavy atom. The molecule has 8 nitrogen and oxygen atoms in total. The van der Waals surface area contributed by atoms with Gasteiger partial charge in [0.25, 0.3) is 0 Å². The van der Waals surface area contributed by atoms with Crippen LogP contribution in [0.1, 0.15) is 6.92 Å². The van der Waals surface area contributed by atoms with Crippen molar-refractivity contribution in [3.8, 4) is 0 Å². The van der Waals surface area contributed by atoms with Crippen LogP contribution in [-0.2, 0) is 14.4 Å². The van der Waals surface area contributed by atoms with Crippen LogP contribution >= 0.6 is 0 Å². The van der Waals surface area contributed by atoms with Crippen LogP contribution in [0, 0.1) is 0 Å². The van der Waals surface area contributed by atoms with Gasteiger partial charge in [0.05, 0.1) is 19.8 Å². The quantitative estimate of drug-likeness (QED) is 0.413. The number of aliphatic hydroxyl groups excluding tert-OH is 3. The van der Waals surface area contributed by atoms with Gasteiger partial charge in [-0.05, 0) is 0 Å². The first kappa shape index (κ1) is 15.3. The molecule has 4 N–H and O–H groups in total. The Balaban J connectivity index is 2.90. The lowest BCUT2D eigenvalue weighted by molar-refractivity contribution is -0.295. The van der Waals surface area contributed by atoms with Crippen molar-refractivity contribution in [3.05, 3.63) is 0 Å². The van der Waals surface area contributed by atoms with Crippen molar-refractivity contribution in [2.45, 2.75) is 37.5 Å². The summed E-state index contributed by atoms with van der Waals surface area (Å²) < 4.78 is 5.41. The standard InChI is InChI=1S/C10H20N2O6/c1-5(14)11-7-9(16)8(15)6(4-13)18-10(7)12(2)17-3/h6-10,13,15-16H,4H2,1-3H3,(H,11,14)/t6?,7-,8-,9?,10+/m1/s1. The molecule has 1 amide bonds. The highest BCUT2D eigenvalue weighted by Gasteiger charge is 2.46. The molecule has 0 aliphatic carbocycles. The summed E-state index contributed by atoms with van der Waals surface area (Å²) in [5, 5.41) is 32.6. The van der Waals surface area contributed by atoms with Gasteiger partial charge in [-0.25, -0.2) is 0 Å². The summed E-state index contributed by atoms with van der Waals surface area (Å²) >= 11 is 0. The van der Waals surface area contributed by atoms with Gasteiger partial charge in [-0.1, -0.05) is 0 Å². The van der Waals surface area contributed by atoms with Crippen LogP contribution in [0.5, 0.6) is 0 Å². The van der Waals surface area contributed by atoms with Crippen molar-refractivity contribution in [2.75, 3.05) is 20.8 Å². The third-order valence-corrected chi connectivity index (χ3v) is 2.92. The molecule has 1 saturated heterocycles. The van der Waals surface area contributed by atoms with E-state index >= 15 is 0 Å². The van der Waals surface area contributed by atoms with E-state index in [-0.39, 0.29) is 5.91 Å². The first-order chi connectivity index (χ1) is 8.42. The zero-order valence-corrected chi connectivity index (χ0v) is 10.6. The average molecular weight is 264 g/mol. The van der Waals surface area contributed by atoms with Crippen molar-refractivity contribution < 1.29 is 29.7 Å². The van der Waals surface area contributed by atoms with Crippen molar-refractivity contribution in [1.82, 2.24) is 10.4 Å². The van der Waals surface area contributed by atoms with Crippen molar-refractivity contribution >= 4 is 5.91 Å². The summed E-state index contributed by atoms with van der Waals surface area (Å²) in [6.07, 6.45) is -4.29. The summed E-state index contributed by atoms with van der Waals surface area (Å²) in [6.45, 7) is 0.847. The van der Waals surface area contributed by atoms with Crippen LogP contribution in [0.3, 0.4) is 0 Å². The molecule has 0 aromatic rings. The highest BCUT2D eigenvalue weighted by Crippen LogP contribution is 2.23. The lowest BCUT2D eigenvalue weighted by atomic mass is 9.96. The monoisotopic (exact) mass is 264 g/mol. The van der Waals surface area contributed by atoms with Gasteiger partial charge < -0.3 is 25.4 Å². The fourth-order valence-corrected chi connectivity index (χ4v) is 1.90. The summed E-state index contributed by atoms with van der Waals surface area (Å²) in [7, 11) is 2.96. The van der Waals surface area contributed by atoms with Gasteiger partial charge in [-0.15, -0.1) is 0 Å². The minimum atomic E-state index is -1.28. The maximum Gasteiger partial charge on any atom is 0.217 e. The predicted octanol–water partition coefficient (Wildman–Crippen LogP) is -2.58. The number of carbonyl (C=O) groups excluding carboxylic acids is 1. The second-order valence-corrected chi connectivity index (χ2v) is 4.18. The van der Waals surface area contributed by atoms with Gasteiger partial charge in [0, 0.05) is 14.0 Å². The van der Waals surface area contributed by atoms with Gasteiger partial charge >= 0.3 is 0 Å². The van der Waals surface area contributed by atoms with Crippen molar-refractivity contribution in [2.24, 2.45) is 0 Å². The molecule has 0 saturated carbocycles. The van der Waals surface area contributed by atoms with Crippen LogP contribution in [0.2, 0.25) is 0 Å². The molecule has 0 bridgehead atoms. The Kier molecular flexibility index (Phi) is 5.45. The third kappa shape index (κ3) is 3.16. The molecule has 0 aromatic heterocycles. The van der Waals surface area contributed by atoms with E-state index in [0.717, 1.165) is 0 Å². The zero-order valence-electron chi connectivity index (χ0n) is 10.6. The normalized spacial score (nSPS) is 36.7. The Morgan fingerprint density at radius 1 is 1.44 bits per heavy atom. The van der Waals surface area contributed by atoms with Crippen molar-refractivity contribution in [3.63, 3.8) is 0 Å². The Bertz CT molecular complexity index is 290. The number of nitrogens with zero attached hydrogens (tertiary/aromatic N) is 1. The van der Waals surface area contributed by atoms with E-state index in [1.165, 1.54) is 19.1 Å². The predicted molar refractivity (Wildman–Crippen MR) is 60.1 cm³/mol. The molecule has 106 valence electrons. The second-order valence-electron chi connectivity index (χ2n) is 4.18. The molecule has 18 heavy (non-hydrogen) atoms. The van der Waals surface area contributed by atoms with E-state index < -0.39 is 37.2 Å². The molecule has 1 aliphatic heterocycles. The van der Waals surface area contributed by atoms with Gasteiger partial charge in [-0.2, -0.15) is 5.06 Å². The molecule has 0 spiro atoms. The zero-order chi connectivity index (χ0) is 13.9. The minimum absolute atomic E-state index is 0.369. The number of hydrogen-bond donors (Lipinski definition) is 4. The van der Waals surface area contributed by atoms with Gasteiger partial charge in [0.2, 0.25) is 5.91 Å². The molecule has 8 heteroatoms. The maximum absolute atomic E-state index is 11.1. The van der Waals surface area contributed by atoms with E-state index in [2.05, 4.69) is 5.32 Å². The molecular formula is C10H20N2O6. The first-order valence-corrected chi connectivity index (χ1v) is 5.58. The third-order valence-electron chi connectivity index (χ3n) is 2.92. The lowest BCUT2D eigenvalue weighted by Gasteiger charge is -2.44. The number of hydroxylamine groups is 2. The first-order valence-electron chi connectivity index (χ1n) is 5.58. The molecule has 1 aliphatic rings. The molecule has 2 unspecified atom stereocenters. The second kappa shape index (κ2) is 6.41. The van der Waals surface area contributed by atoms with Crippen molar-refractivity contribution in [1.29, 1.82) is 0 Å². The van der Waals surface area contributed by atoms with Gasteiger partial charge in [0.15, 0.2) is 6.23 Å². The number of ether oxygens (including phenoxy) is 1. The van der Waals surface area contributed by atoms with E-state index in [4.69, 9.17) is 14.7 Å². The Hall–Kier alpha value is -0.770. The smallest absolute Gasteiger partial charge is 0.217 e. The average Bonchev–Trinajstić information content (AvgIpc) is 2.34. The number of amides is 1. The summed E-state index contributed by atoms with van der Waals surface area (Å²) in [4.78, 5) is 16.1. The fraction of sp³-hybridized carbons (Fsp3) is 0.900. The number of rotatable bonds is 4. The maximum atomic E-state index is 11.1. The molecule has 1 heterocycles. The molecule has 0 aromatic carbocycles. The topological polar surface area (TPSA) is 111 Å². The lowest BCUT2D eigenvalue weighted by Crippen LogP contribution is -2.67. The number of hydrogen-bond acceptors (Lipinski definition) is 7. The summed E-state index contributed by atoms with van der Waals surface area (Å²) in [6, 6.07) is -0.856. The Labute approximate surface area is 105 Å². The van der Waals surface area contributed by atoms with E-state index in [9.17, 15) is 15.0 Å². The largest absolute Gasteiger partial charge is 0.394 e. The number of nitrogens with one attached hydrogen (secondary N) is 1. The summed E-state index contributed by atoms with van der Waals surface area (Å²) in [5.41, 5.74) is 0. The molecule has 0 radical (unpaired) electrons. The van der Waals surface area contributed by atoms with E-state index in [1.54, 1.807) is 7.05 Å². The number of likely N-dealkylation sites (N-methyl/N-ethyl adjacent to an activating group) is 1. The van der Waals surface area contributed by atoms with Gasteiger partial charge in [-0.3, -0.25) is 9.63 Å². The number of aliphatic hydroxyl groups is 3. The highest BCUT2D eigenvalue weighted by molar-refractivity contribution is 5.73. The van der Waals surface area contributed by atoms with Crippen LogP contribution < -0.4 is 5.32 Å². The molecule has 1 rings (SSSR count). The van der Waals surface area contributed by atoms with Crippen LogP contribution in [0.4, 0.5) is 0 Å². The summed E-state index contributed by atoms with van der Waals surface area (Å²) in [5.74, 6) is -0.369. The van der Waals surface area contributed by atoms with Gasteiger partial charge in [0.1, 0.15) is 18.3 Å². The molecular weight excluding hydrogens is 244 g/mol.